The maximum atomic E-state index is 6.15. The first-order valence-electron chi connectivity index (χ1n) is 6.27. The molecule has 0 radical (unpaired) electrons. The summed E-state index contributed by atoms with van der Waals surface area (Å²) in [6.45, 7) is 0. The molecule has 0 aromatic heterocycles. The summed E-state index contributed by atoms with van der Waals surface area (Å²) < 4.78 is 6.05. The first kappa shape index (κ1) is 10.4. The molecule has 2 N–H and O–H groups in total. The average Bonchev–Trinajstić information content (AvgIpc) is 2.08. The Kier molecular flexibility index (Phi) is 3.82. The summed E-state index contributed by atoms with van der Waals surface area (Å²) in [6.07, 6.45) is 12.5. The van der Waals surface area contributed by atoms with E-state index < -0.39 is 0 Å². The van der Waals surface area contributed by atoms with Crippen LogP contribution >= 0.6 is 0 Å². The minimum absolute atomic E-state index is 0.302. The fourth-order valence-electron chi connectivity index (χ4n) is 2.40. The van der Waals surface area contributed by atoms with Crippen LogP contribution in [-0.2, 0) is 4.74 Å². The summed E-state index contributed by atoms with van der Waals surface area (Å²) in [4.78, 5) is 0. The third-order valence-corrected chi connectivity index (χ3v) is 3.67. The minimum Gasteiger partial charge on any atom is -0.373 e. The van der Waals surface area contributed by atoms with Gasteiger partial charge in [0.2, 0.25) is 0 Å². The Labute approximate surface area is 87.2 Å². The van der Waals surface area contributed by atoms with Crippen LogP contribution in [0.3, 0.4) is 0 Å². The van der Waals surface area contributed by atoms with Gasteiger partial charge in [-0.15, -0.1) is 0 Å². The Bertz CT molecular complexity index is 168. The second-order valence-electron chi connectivity index (χ2n) is 4.88. The van der Waals surface area contributed by atoms with Gasteiger partial charge in [-0.05, 0) is 32.1 Å². The molecule has 0 heterocycles. The molecule has 2 saturated carbocycles. The van der Waals surface area contributed by atoms with E-state index in [4.69, 9.17) is 10.5 Å². The van der Waals surface area contributed by atoms with Crippen LogP contribution in [0.15, 0.2) is 0 Å². The standard InChI is InChI=1S/C12H23NO/c13-11-8-3-1-2-4-9-12(11)14-10-6-5-7-10/h10-12H,1-9,13H2. The maximum Gasteiger partial charge on any atom is 0.0729 e. The zero-order valence-corrected chi connectivity index (χ0v) is 9.08. The second-order valence-corrected chi connectivity index (χ2v) is 4.88. The normalized spacial score (nSPS) is 35.8. The van der Waals surface area contributed by atoms with Gasteiger partial charge in [0.1, 0.15) is 0 Å². The molecule has 14 heavy (non-hydrogen) atoms. The number of hydrogen-bond acceptors (Lipinski definition) is 2. The fraction of sp³-hybridized carbons (Fsp3) is 1.00. The van der Waals surface area contributed by atoms with Gasteiger partial charge in [-0.25, -0.2) is 0 Å². The van der Waals surface area contributed by atoms with E-state index in [9.17, 15) is 0 Å². The van der Waals surface area contributed by atoms with Crippen molar-refractivity contribution >= 4 is 0 Å². The van der Waals surface area contributed by atoms with Crippen LogP contribution in [0, 0.1) is 0 Å². The molecule has 0 aromatic carbocycles. The Morgan fingerprint density at radius 2 is 1.50 bits per heavy atom. The molecule has 2 atom stereocenters. The minimum atomic E-state index is 0.302. The Morgan fingerprint density at radius 1 is 0.786 bits per heavy atom. The summed E-state index contributed by atoms with van der Waals surface area (Å²) in [6, 6.07) is 0.302. The number of nitrogens with two attached hydrogens (primary N) is 1. The summed E-state index contributed by atoms with van der Waals surface area (Å²) in [5.41, 5.74) is 6.15. The van der Waals surface area contributed by atoms with E-state index in [1.807, 2.05) is 0 Å². The molecule has 0 spiro atoms. The van der Waals surface area contributed by atoms with Crippen LogP contribution in [0.2, 0.25) is 0 Å². The smallest absolute Gasteiger partial charge is 0.0729 e. The molecule has 0 aromatic rings. The van der Waals surface area contributed by atoms with Crippen molar-refractivity contribution in [1.82, 2.24) is 0 Å². The highest BCUT2D eigenvalue weighted by Crippen LogP contribution is 2.27. The predicted molar refractivity (Wildman–Crippen MR) is 58.2 cm³/mol. The third kappa shape index (κ3) is 2.71. The van der Waals surface area contributed by atoms with Gasteiger partial charge in [-0.3, -0.25) is 0 Å². The quantitative estimate of drug-likeness (QED) is 0.738. The van der Waals surface area contributed by atoms with E-state index in [1.165, 1.54) is 51.4 Å². The van der Waals surface area contributed by atoms with Crippen molar-refractivity contribution in [1.29, 1.82) is 0 Å². The molecule has 0 saturated heterocycles. The monoisotopic (exact) mass is 197 g/mol. The highest BCUT2D eigenvalue weighted by molar-refractivity contribution is 4.79. The van der Waals surface area contributed by atoms with E-state index in [-0.39, 0.29) is 0 Å². The number of hydrogen-bond donors (Lipinski definition) is 1. The lowest BCUT2D eigenvalue weighted by atomic mass is 9.92. The first-order valence-corrected chi connectivity index (χ1v) is 6.27. The van der Waals surface area contributed by atoms with E-state index in [0.717, 1.165) is 6.42 Å². The van der Waals surface area contributed by atoms with Crippen molar-refractivity contribution < 1.29 is 4.74 Å². The van der Waals surface area contributed by atoms with Crippen molar-refractivity contribution in [2.45, 2.75) is 76.0 Å². The zero-order valence-electron chi connectivity index (χ0n) is 9.08. The molecule has 2 aliphatic rings. The van der Waals surface area contributed by atoms with Gasteiger partial charge in [-0.2, -0.15) is 0 Å². The molecule has 2 heteroatoms. The van der Waals surface area contributed by atoms with E-state index in [2.05, 4.69) is 0 Å². The molecule has 0 bridgehead atoms. The first-order chi connectivity index (χ1) is 6.86. The van der Waals surface area contributed by atoms with Crippen LogP contribution in [0.4, 0.5) is 0 Å². The van der Waals surface area contributed by atoms with Gasteiger partial charge in [-0.1, -0.05) is 25.7 Å². The fourth-order valence-corrected chi connectivity index (χ4v) is 2.40. The second kappa shape index (κ2) is 5.13. The predicted octanol–water partition coefficient (Wildman–Crippen LogP) is 2.61. The lowest BCUT2D eigenvalue weighted by Gasteiger charge is -2.34. The van der Waals surface area contributed by atoms with Crippen LogP contribution < -0.4 is 5.73 Å². The summed E-state index contributed by atoms with van der Waals surface area (Å²) in [5.74, 6) is 0. The molecule has 2 aliphatic carbocycles. The molecule has 2 unspecified atom stereocenters. The van der Waals surface area contributed by atoms with Gasteiger partial charge >= 0.3 is 0 Å². The summed E-state index contributed by atoms with van der Waals surface area (Å²) >= 11 is 0. The molecule has 2 rings (SSSR count). The van der Waals surface area contributed by atoms with Crippen molar-refractivity contribution in [3.63, 3.8) is 0 Å². The topological polar surface area (TPSA) is 35.2 Å². The third-order valence-electron chi connectivity index (χ3n) is 3.67. The van der Waals surface area contributed by atoms with Gasteiger partial charge in [0, 0.05) is 6.04 Å². The number of ether oxygens (including phenoxy) is 1. The lowest BCUT2D eigenvalue weighted by Crippen LogP contribution is -2.41. The van der Waals surface area contributed by atoms with Gasteiger partial charge in [0.05, 0.1) is 12.2 Å². The zero-order chi connectivity index (χ0) is 9.80. The number of rotatable bonds is 2. The van der Waals surface area contributed by atoms with Crippen LogP contribution in [0.25, 0.3) is 0 Å². The molecular weight excluding hydrogens is 174 g/mol. The SMILES string of the molecule is NC1CCCCCCC1OC1CCC1. The molecule has 82 valence electrons. The summed E-state index contributed by atoms with van der Waals surface area (Å²) in [5, 5.41) is 0. The van der Waals surface area contributed by atoms with Crippen molar-refractivity contribution in [2.24, 2.45) is 5.73 Å². The highest BCUT2D eigenvalue weighted by Gasteiger charge is 2.26. The summed E-state index contributed by atoms with van der Waals surface area (Å²) in [7, 11) is 0. The average molecular weight is 197 g/mol. The van der Waals surface area contributed by atoms with E-state index >= 15 is 0 Å². The molecule has 2 fully saturated rings. The van der Waals surface area contributed by atoms with Crippen LogP contribution in [0.1, 0.15) is 57.8 Å². The lowest BCUT2D eigenvalue weighted by molar-refractivity contribution is -0.0677. The largest absolute Gasteiger partial charge is 0.373 e. The van der Waals surface area contributed by atoms with Gasteiger partial charge in [0.25, 0.3) is 0 Å². The van der Waals surface area contributed by atoms with Crippen LogP contribution in [0.5, 0.6) is 0 Å². The molecule has 0 amide bonds. The Hall–Kier alpha value is -0.0800. The Morgan fingerprint density at radius 3 is 2.14 bits per heavy atom. The molecule has 2 nitrogen and oxygen atoms in total. The van der Waals surface area contributed by atoms with Crippen molar-refractivity contribution in [3.8, 4) is 0 Å². The Balaban J connectivity index is 1.78. The van der Waals surface area contributed by atoms with E-state index in [1.54, 1.807) is 0 Å². The van der Waals surface area contributed by atoms with Crippen molar-refractivity contribution in [3.05, 3.63) is 0 Å². The maximum absolute atomic E-state index is 6.15. The van der Waals surface area contributed by atoms with Crippen LogP contribution in [-0.4, -0.2) is 18.2 Å². The van der Waals surface area contributed by atoms with E-state index in [0.29, 0.717) is 18.2 Å². The highest BCUT2D eigenvalue weighted by atomic mass is 16.5. The molecular formula is C12H23NO. The molecule has 0 aliphatic heterocycles. The van der Waals surface area contributed by atoms with Gasteiger partial charge in [0.15, 0.2) is 0 Å². The van der Waals surface area contributed by atoms with Gasteiger partial charge < -0.3 is 10.5 Å². The van der Waals surface area contributed by atoms with Crippen molar-refractivity contribution in [2.75, 3.05) is 0 Å².